The summed E-state index contributed by atoms with van der Waals surface area (Å²) >= 11 is 0. The molecule has 152 valence electrons. The van der Waals surface area contributed by atoms with Crippen LogP contribution in [0.1, 0.15) is 50.9 Å². The summed E-state index contributed by atoms with van der Waals surface area (Å²) in [6.07, 6.45) is -0.202. The molecule has 1 aromatic carbocycles. The van der Waals surface area contributed by atoms with Gasteiger partial charge in [-0.2, -0.15) is 0 Å². The van der Waals surface area contributed by atoms with Crippen molar-refractivity contribution in [2.24, 2.45) is 0 Å². The molecular formula is C20H26N2O6. The molecule has 1 fully saturated rings. The fourth-order valence-corrected chi connectivity index (χ4v) is 3.08. The van der Waals surface area contributed by atoms with E-state index in [2.05, 4.69) is 5.32 Å². The lowest BCUT2D eigenvalue weighted by molar-refractivity contribution is -0.150. The van der Waals surface area contributed by atoms with Crippen molar-refractivity contribution in [1.29, 1.82) is 0 Å². The number of hydrogen-bond acceptors (Lipinski definition) is 6. The summed E-state index contributed by atoms with van der Waals surface area (Å²) in [6, 6.07) is 5.87. The van der Waals surface area contributed by atoms with Crippen LogP contribution >= 0.6 is 0 Å². The Hall–Kier alpha value is -2.90. The summed E-state index contributed by atoms with van der Waals surface area (Å²) in [5, 5.41) is 2.64. The standard InChI is InChI=1S/C20H26N2O6/c1-5-20(6-2)18(25)22(19(26)21-20)12-16(23)28-13(4)17(24)14-8-10-15(11-9-14)27-7-3/h8-11,13H,5-7,12H2,1-4H3,(H,21,26)/t13-/m0/s1. The molecular weight excluding hydrogens is 364 g/mol. The molecule has 0 unspecified atom stereocenters. The van der Waals surface area contributed by atoms with Crippen molar-refractivity contribution in [2.75, 3.05) is 13.2 Å². The number of rotatable bonds is 9. The number of ketones is 1. The Morgan fingerprint density at radius 2 is 1.71 bits per heavy atom. The maximum atomic E-state index is 12.5. The zero-order valence-electron chi connectivity index (χ0n) is 16.6. The van der Waals surface area contributed by atoms with Crippen LogP contribution < -0.4 is 10.1 Å². The molecule has 8 heteroatoms. The van der Waals surface area contributed by atoms with E-state index in [1.165, 1.54) is 6.92 Å². The smallest absolute Gasteiger partial charge is 0.326 e. The number of carbonyl (C=O) groups excluding carboxylic acids is 4. The van der Waals surface area contributed by atoms with Gasteiger partial charge in [-0.05, 0) is 51.0 Å². The molecule has 28 heavy (non-hydrogen) atoms. The van der Waals surface area contributed by atoms with Gasteiger partial charge < -0.3 is 14.8 Å². The molecule has 1 atom stereocenters. The SMILES string of the molecule is CCOc1ccc(C(=O)[C@H](C)OC(=O)CN2C(=O)NC(CC)(CC)C2=O)cc1. The molecule has 3 amide bonds. The predicted octanol–water partition coefficient (Wildman–Crippen LogP) is 2.31. The second-order valence-electron chi connectivity index (χ2n) is 6.56. The number of Topliss-reactive ketones (excluding diaryl/α,β-unsaturated/α-hetero) is 1. The van der Waals surface area contributed by atoms with Crippen molar-refractivity contribution in [3.8, 4) is 5.75 Å². The normalized spacial score (nSPS) is 16.5. The Balaban J connectivity index is 1.97. The lowest BCUT2D eigenvalue weighted by Gasteiger charge is -2.23. The Labute approximate surface area is 164 Å². The predicted molar refractivity (Wildman–Crippen MR) is 101 cm³/mol. The molecule has 1 heterocycles. The number of ether oxygens (including phenoxy) is 2. The number of nitrogens with zero attached hydrogens (tertiary/aromatic N) is 1. The fourth-order valence-electron chi connectivity index (χ4n) is 3.08. The van der Waals surface area contributed by atoms with Gasteiger partial charge in [0, 0.05) is 5.56 Å². The highest BCUT2D eigenvalue weighted by Crippen LogP contribution is 2.24. The summed E-state index contributed by atoms with van der Waals surface area (Å²) in [6.45, 7) is 6.87. The van der Waals surface area contributed by atoms with Crippen LogP contribution in [0.4, 0.5) is 4.79 Å². The number of benzene rings is 1. The average molecular weight is 390 g/mol. The van der Waals surface area contributed by atoms with Crippen molar-refractivity contribution >= 4 is 23.7 Å². The topological polar surface area (TPSA) is 102 Å². The number of urea groups is 1. The van der Waals surface area contributed by atoms with Crippen molar-refractivity contribution in [3.05, 3.63) is 29.8 Å². The third kappa shape index (κ3) is 4.32. The van der Waals surface area contributed by atoms with Crippen molar-refractivity contribution < 1.29 is 28.7 Å². The summed E-state index contributed by atoms with van der Waals surface area (Å²) in [5.41, 5.74) is -0.615. The third-order valence-electron chi connectivity index (χ3n) is 4.87. The van der Waals surface area contributed by atoms with Crippen LogP contribution in [0.15, 0.2) is 24.3 Å². The molecule has 0 bridgehead atoms. The fraction of sp³-hybridized carbons (Fsp3) is 0.500. The molecule has 1 aromatic rings. The summed E-state index contributed by atoms with van der Waals surface area (Å²) < 4.78 is 10.5. The Bertz CT molecular complexity index is 754. The third-order valence-corrected chi connectivity index (χ3v) is 4.87. The van der Waals surface area contributed by atoms with Gasteiger partial charge in [-0.3, -0.25) is 19.3 Å². The molecule has 1 aliphatic heterocycles. The zero-order valence-corrected chi connectivity index (χ0v) is 16.6. The van der Waals surface area contributed by atoms with E-state index in [1.807, 2.05) is 6.92 Å². The number of amides is 3. The van der Waals surface area contributed by atoms with Gasteiger partial charge in [0.25, 0.3) is 5.91 Å². The lowest BCUT2D eigenvalue weighted by Crippen LogP contribution is -2.46. The maximum absolute atomic E-state index is 12.5. The van der Waals surface area contributed by atoms with Crippen molar-refractivity contribution in [3.63, 3.8) is 0 Å². The van der Waals surface area contributed by atoms with E-state index >= 15 is 0 Å². The second kappa shape index (κ2) is 8.86. The van der Waals surface area contributed by atoms with E-state index in [9.17, 15) is 19.2 Å². The monoisotopic (exact) mass is 390 g/mol. The van der Waals surface area contributed by atoms with Crippen LogP contribution in [0, 0.1) is 0 Å². The Morgan fingerprint density at radius 1 is 1.11 bits per heavy atom. The molecule has 8 nitrogen and oxygen atoms in total. The van der Waals surface area contributed by atoms with Crippen LogP contribution in [0.2, 0.25) is 0 Å². The first-order valence-corrected chi connectivity index (χ1v) is 9.38. The average Bonchev–Trinajstić information content (AvgIpc) is 2.92. The highest BCUT2D eigenvalue weighted by atomic mass is 16.5. The minimum absolute atomic E-state index is 0.370. The van der Waals surface area contributed by atoms with Crippen LogP contribution in [-0.4, -0.2) is 53.4 Å². The van der Waals surface area contributed by atoms with E-state index in [0.29, 0.717) is 30.8 Å². The van der Waals surface area contributed by atoms with Crippen LogP contribution in [0.3, 0.4) is 0 Å². The van der Waals surface area contributed by atoms with Gasteiger partial charge in [0.05, 0.1) is 6.61 Å². The van der Waals surface area contributed by atoms with Gasteiger partial charge >= 0.3 is 12.0 Å². The molecule has 2 rings (SSSR count). The number of nitrogens with one attached hydrogen (secondary N) is 1. The van der Waals surface area contributed by atoms with Gasteiger partial charge in [-0.25, -0.2) is 4.79 Å². The molecule has 0 aliphatic carbocycles. The summed E-state index contributed by atoms with van der Waals surface area (Å²) in [5.74, 6) is -1.02. The molecule has 0 aromatic heterocycles. The Morgan fingerprint density at radius 3 is 2.21 bits per heavy atom. The van der Waals surface area contributed by atoms with E-state index in [1.54, 1.807) is 38.1 Å². The quantitative estimate of drug-likeness (QED) is 0.394. The summed E-state index contributed by atoms with van der Waals surface area (Å²) in [4.78, 5) is 50.1. The molecule has 1 aliphatic rings. The van der Waals surface area contributed by atoms with Crippen molar-refractivity contribution in [2.45, 2.75) is 52.2 Å². The van der Waals surface area contributed by atoms with Crippen LogP contribution in [0.5, 0.6) is 5.75 Å². The summed E-state index contributed by atoms with van der Waals surface area (Å²) in [7, 11) is 0. The first-order valence-electron chi connectivity index (χ1n) is 9.38. The maximum Gasteiger partial charge on any atom is 0.326 e. The van der Waals surface area contributed by atoms with Gasteiger partial charge in [-0.15, -0.1) is 0 Å². The molecule has 0 radical (unpaired) electrons. The minimum Gasteiger partial charge on any atom is -0.494 e. The second-order valence-corrected chi connectivity index (χ2v) is 6.56. The van der Waals surface area contributed by atoms with E-state index in [-0.39, 0.29) is 5.78 Å². The number of hydrogen-bond donors (Lipinski definition) is 1. The van der Waals surface area contributed by atoms with Crippen molar-refractivity contribution in [1.82, 2.24) is 10.2 Å². The number of esters is 1. The first-order chi connectivity index (χ1) is 13.3. The van der Waals surface area contributed by atoms with Gasteiger partial charge in [0.1, 0.15) is 17.8 Å². The molecule has 0 spiro atoms. The molecule has 1 N–H and O–H groups in total. The van der Waals surface area contributed by atoms with Crippen LogP contribution in [0.25, 0.3) is 0 Å². The Kier molecular flexibility index (Phi) is 6.77. The highest BCUT2D eigenvalue weighted by Gasteiger charge is 2.49. The van der Waals surface area contributed by atoms with Gasteiger partial charge in [0.2, 0.25) is 5.78 Å². The zero-order chi connectivity index (χ0) is 20.9. The lowest BCUT2D eigenvalue weighted by atomic mass is 9.93. The van der Waals surface area contributed by atoms with E-state index in [0.717, 1.165) is 4.90 Å². The van der Waals surface area contributed by atoms with E-state index < -0.39 is 36.1 Å². The van der Waals surface area contributed by atoms with E-state index in [4.69, 9.17) is 9.47 Å². The van der Waals surface area contributed by atoms with Gasteiger partial charge in [-0.1, -0.05) is 13.8 Å². The van der Waals surface area contributed by atoms with Gasteiger partial charge in [0.15, 0.2) is 6.10 Å². The number of imide groups is 1. The first kappa shape index (κ1) is 21.4. The molecule has 0 saturated carbocycles. The number of carbonyl (C=O) groups is 4. The molecule has 1 saturated heterocycles. The largest absolute Gasteiger partial charge is 0.494 e. The highest BCUT2D eigenvalue weighted by molar-refractivity contribution is 6.08. The van der Waals surface area contributed by atoms with Crippen LogP contribution in [-0.2, 0) is 14.3 Å². The minimum atomic E-state index is -1.05.